The average molecular weight is 341 g/mol. The third-order valence-corrected chi connectivity index (χ3v) is 3.94. The second kappa shape index (κ2) is 4.75. The summed E-state index contributed by atoms with van der Waals surface area (Å²) in [5.41, 5.74) is 0.624. The molecule has 0 aliphatic rings. The summed E-state index contributed by atoms with van der Waals surface area (Å²) in [5, 5.41) is 15.1. The van der Waals surface area contributed by atoms with Crippen LogP contribution in [-0.2, 0) is 0 Å². The number of thiophene rings is 1. The molecule has 3 rings (SSSR count). The van der Waals surface area contributed by atoms with E-state index in [9.17, 15) is 9.50 Å². The largest absolute Gasteiger partial charge is 0.506 e. The first kappa shape index (κ1) is 12.3. The maximum atomic E-state index is 13.2. The monoisotopic (exact) mass is 340 g/mol. The summed E-state index contributed by atoms with van der Waals surface area (Å²) in [6, 6.07) is 6.00. The smallest absolute Gasteiger partial charge is 0.272 e. The third kappa shape index (κ3) is 2.26. The fourth-order valence-electron chi connectivity index (χ4n) is 1.53. The minimum Gasteiger partial charge on any atom is -0.506 e. The Morgan fingerprint density at radius 2 is 2.16 bits per heavy atom. The number of rotatable bonds is 2. The van der Waals surface area contributed by atoms with Crippen molar-refractivity contribution in [1.82, 2.24) is 10.1 Å². The average Bonchev–Trinajstić information content (AvgIpc) is 3.01. The summed E-state index contributed by atoms with van der Waals surface area (Å²) in [7, 11) is 0. The summed E-state index contributed by atoms with van der Waals surface area (Å²) in [6.07, 6.45) is 0. The molecule has 0 unspecified atom stereocenters. The predicted molar refractivity (Wildman–Crippen MR) is 72.4 cm³/mol. The van der Waals surface area contributed by atoms with Crippen LogP contribution in [0.3, 0.4) is 0 Å². The first-order valence-corrected chi connectivity index (χ1v) is 6.88. The minimum absolute atomic E-state index is 0.0977. The Kier molecular flexibility index (Phi) is 3.08. The van der Waals surface area contributed by atoms with Gasteiger partial charge in [-0.25, -0.2) is 4.39 Å². The maximum Gasteiger partial charge on any atom is 0.272 e. The predicted octanol–water partition coefficient (Wildman–Crippen LogP) is 4.07. The number of hydrogen-bond donors (Lipinski definition) is 1. The Balaban J connectivity index is 2.01. The zero-order valence-electron chi connectivity index (χ0n) is 9.30. The van der Waals surface area contributed by atoms with Crippen molar-refractivity contribution in [2.24, 2.45) is 0 Å². The Morgan fingerprint density at radius 3 is 2.84 bits per heavy atom. The molecular formula is C12H6BrFN2O2S. The Bertz CT molecular complexity index is 741. The molecule has 2 aromatic heterocycles. The fourth-order valence-corrected chi connectivity index (χ4v) is 2.62. The van der Waals surface area contributed by atoms with Gasteiger partial charge in [-0.3, -0.25) is 0 Å². The van der Waals surface area contributed by atoms with Gasteiger partial charge in [0.15, 0.2) is 0 Å². The van der Waals surface area contributed by atoms with E-state index in [4.69, 9.17) is 4.52 Å². The van der Waals surface area contributed by atoms with Crippen molar-refractivity contribution in [2.45, 2.75) is 0 Å². The lowest BCUT2D eigenvalue weighted by atomic mass is 10.2. The van der Waals surface area contributed by atoms with Crippen molar-refractivity contribution in [3.8, 4) is 27.9 Å². The number of nitrogens with zero attached hydrogens (tertiary/aromatic N) is 2. The molecule has 0 aliphatic carbocycles. The third-order valence-electron chi connectivity index (χ3n) is 2.44. The highest BCUT2D eigenvalue weighted by Gasteiger charge is 2.15. The molecule has 0 bridgehead atoms. The van der Waals surface area contributed by atoms with Gasteiger partial charge in [0, 0.05) is 5.56 Å². The van der Waals surface area contributed by atoms with Crippen molar-refractivity contribution in [3.05, 3.63) is 39.9 Å². The molecule has 1 N–H and O–H groups in total. The Morgan fingerprint density at radius 1 is 1.32 bits per heavy atom. The number of aromatic hydroxyl groups is 1. The van der Waals surface area contributed by atoms with Crippen molar-refractivity contribution >= 4 is 27.3 Å². The number of benzene rings is 1. The lowest BCUT2D eigenvalue weighted by Gasteiger charge is -1.96. The van der Waals surface area contributed by atoms with Crippen LogP contribution in [0.4, 0.5) is 4.39 Å². The van der Waals surface area contributed by atoms with E-state index in [2.05, 4.69) is 26.1 Å². The molecular weight excluding hydrogens is 335 g/mol. The van der Waals surface area contributed by atoms with E-state index in [1.165, 1.54) is 17.4 Å². The van der Waals surface area contributed by atoms with Crippen LogP contribution < -0.4 is 0 Å². The van der Waals surface area contributed by atoms with Gasteiger partial charge in [-0.1, -0.05) is 5.16 Å². The van der Waals surface area contributed by atoms with E-state index < -0.39 is 0 Å². The molecule has 2 heterocycles. The highest BCUT2D eigenvalue weighted by atomic mass is 79.9. The second-order valence-corrected chi connectivity index (χ2v) is 5.46. The van der Waals surface area contributed by atoms with Crippen LogP contribution >= 0.6 is 27.3 Å². The van der Waals surface area contributed by atoms with Gasteiger partial charge < -0.3 is 9.63 Å². The normalized spacial score (nSPS) is 10.8. The van der Waals surface area contributed by atoms with Crippen LogP contribution in [0.2, 0.25) is 0 Å². The molecule has 1 aromatic carbocycles. The van der Waals surface area contributed by atoms with E-state index in [1.807, 2.05) is 0 Å². The molecule has 0 aliphatic heterocycles. The topological polar surface area (TPSA) is 59.2 Å². The van der Waals surface area contributed by atoms with Crippen molar-refractivity contribution in [2.75, 3.05) is 0 Å². The number of aromatic nitrogens is 2. The molecule has 7 heteroatoms. The quantitative estimate of drug-likeness (QED) is 0.763. The van der Waals surface area contributed by atoms with Gasteiger partial charge in [0.25, 0.3) is 5.89 Å². The molecule has 0 fully saturated rings. The molecule has 0 saturated carbocycles. The molecule has 0 spiro atoms. The zero-order chi connectivity index (χ0) is 13.4. The van der Waals surface area contributed by atoms with Crippen molar-refractivity contribution in [3.63, 3.8) is 0 Å². The van der Waals surface area contributed by atoms with Crippen LogP contribution in [-0.4, -0.2) is 15.2 Å². The summed E-state index contributed by atoms with van der Waals surface area (Å²) >= 11 is 4.40. The molecule has 0 radical (unpaired) electrons. The number of hydrogen-bond acceptors (Lipinski definition) is 5. The minimum atomic E-state index is -0.358. The van der Waals surface area contributed by atoms with Crippen LogP contribution in [0.25, 0.3) is 22.2 Å². The van der Waals surface area contributed by atoms with Crippen molar-refractivity contribution in [1.29, 1.82) is 0 Å². The molecule has 19 heavy (non-hydrogen) atoms. The van der Waals surface area contributed by atoms with E-state index in [0.717, 1.165) is 0 Å². The number of halogens is 2. The molecule has 0 amide bonds. The van der Waals surface area contributed by atoms with Gasteiger partial charge in [-0.2, -0.15) is 4.98 Å². The first-order chi connectivity index (χ1) is 9.15. The second-order valence-electron chi connectivity index (χ2n) is 3.69. The van der Waals surface area contributed by atoms with Crippen LogP contribution in [0.15, 0.2) is 38.6 Å². The van der Waals surface area contributed by atoms with Crippen molar-refractivity contribution < 1.29 is 14.0 Å². The lowest BCUT2D eigenvalue weighted by molar-refractivity contribution is 0.427. The standard InChI is InChI=1S/C12H6BrFN2O2S/c13-7-5-6(1-2-8(7)14)11-15-12(18-16-11)10-9(17)3-4-19-10/h1-5,17H. The first-order valence-electron chi connectivity index (χ1n) is 5.21. The summed E-state index contributed by atoms with van der Waals surface area (Å²) in [4.78, 5) is 4.70. The Labute approximate surface area is 119 Å². The summed E-state index contributed by atoms with van der Waals surface area (Å²) in [6.45, 7) is 0. The summed E-state index contributed by atoms with van der Waals surface area (Å²) < 4.78 is 18.6. The highest BCUT2D eigenvalue weighted by Crippen LogP contribution is 2.34. The van der Waals surface area contributed by atoms with Gasteiger partial charge in [-0.05, 0) is 45.6 Å². The summed E-state index contributed by atoms with van der Waals surface area (Å²) in [5.74, 6) is 0.315. The van der Waals surface area contributed by atoms with Crippen LogP contribution in [0, 0.1) is 5.82 Å². The highest BCUT2D eigenvalue weighted by molar-refractivity contribution is 9.10. The molecule has 3 aromatic rings. The van der Waals surface area contributed by atoms with Gasteiger partial charge in [0.2, 0.25) is 5.82 Å². The van der Waals surface area contributed by atoms with Gasteiger partial charge in [-0.15, -0.1) is 11.3 Å². The fraction of sp³-hybridized carbons (Fsp3) is 0. The lowest BCUT2D eigenvalue weighted by Crippen LogP contribution is -1.83. The van der Waals surface area contributed by atoms with E-state index in [1.54, 1.807) is 23.6 Å². The molecule has 96 valence electrons. The SMILES string of the molecule is Oc1ccsc1-c1nc(-c2ccc(F)c(Br)c2)no1. The molecule has 4 nitrogen and oxygen atoms in total. The van der Waals surface area contributed by atoms with Gasteiger partial charge in [0.05, 0.1) is 4.47 Å². The molecule has 0 atom stereocenters. The van der Waals surface area contributed by atoms with E-state index >= 15 is 0 Å². The van der Waals surface area contributed by atoms with Gasteiger partial charge in [0.1, 0.15) is 16.4 Å². The van der Waals surface area contributed by atoms with E-state index in [-0.39, 0.29) is 17.5 Å². The van der Waals surface area contributed by atoms with Crippen LogP contribution in [0.1, 0.15) is 0 Å². The zero-order valence-corrected chi connectivity index (χ0v) is 11.7. The molecule has 0 saturated heterocycles. The van der Waals surface area contributed by atoms with Crippen LogP contribution in [0.5, 0.6) is 5.75 Å². The Hall–Kier alpha value is -1.73. The van der Waals surface area contributed by atoms with Gasteiger partial charge >= 0.3 is 0 Å². The van der Waals surface area contributed by atoms with E-state index in [0.29, 0.717) is 20.7 Å². The maximum absolute atomic E-state index is 13.2.